The van der Waals surface area contributed by atoms with Crippen LogP contribution in [0.1, 0.15) is 13.8 Å². The molecule has 0 bridgehead atoms. The van der Waals surface area contributed by atoms with Gasteiger partial charge in [-0.15, -0.1) is 0 Å². The molecule has 0 aromatic rings. The molecule has 0 aromatic carbocycles. The maximum atomic E-state index is 11.3. The number of nitrogens with zero attached hydrogens (tertiary/aromatic N) is 1. The lowest BCUT2D eigenvalue weighted by Crippen LogP contribution is -2.45. The first kappa shape index (κ1) is 11.1. The van der Waals surface area contributed by atoms with Crippen molar-refractivity contribution in [2.45, 2.75) is 26.0 Å². The molecule has 80 valence electrons. The van der Waals surface area contributed by atoms with Crippen molar-refractivity contribution in [3.8, 4) is 0 Å². The van der Waals surface area contributed by atoms with Gasteiger partial charge in [0.2, 0.25) is 5.91 Å². The van der Waals surface area contributed by atoms with E-state index in [1.807, 2.05) is 13.8 Å². The third kappa shape index (κ3) is 2.10. The van der Waals surface area contributed by atoms with Gasteiger partial charge in [0.25, 0.3) is 5.91 Å². The van der Waals surface area contributed by atoms with Gasteiger partial charge in [0.15, 0.2) is 6.10 Å². The molecule has 5 heteroatoms. The SMILES string of the molecule is CC(C)CN(C)C1C(=O)NC(=O)C1O. The summed E-state index contributed by atoms with van der Waals surface area (Å²) in [5.74, 6) is -0.628. The highest BCUT2D eigenvalue weighted by atomic mass is 16.3. The molecule has 1 fully saturated rings. The number of carbonyl (C=O) groups excluding carboxylic acids is 2. The fourth-order valence-corrected chi connectivity index (χ4v) is 1.69. The zero-order chi connectivity index (χ0) is 10.9. The summed E-state index contributed by atoms with van der Waals surface area (Å²) >= 11 is 0. The van der Waals surface area contributed by atoms with Gasteiger partial charge in [-0.2, -0.15) is 0 Å². The minimum Gasteiger partial charge on any atom is -0.381 e. The minimum absolute atomic E-state index is 0.385. The fraction of sp³-hybridized carbons (Fsp3) is 0.778. The lowest BCUT2D eigenvalue weighted by molar-refractivity contribution is -0.127. The molecule has 1 aliphatic heterocycles. The number of aliphatic hydroxyl groups excluding tert-OH is 1. The van der Waals surface area contributed by atoms with Gasteiger partial charge < -0.3 is 5.11 Å². The third-order valence-electron chi connectivity index (χ3n) is 2.21. The Kier molecular flexibility index (Phi) is 3.23. The third-order valence-corrected chi connectivity index (χ3v) is 2.21. The van der Waals surface area contributed by atoms with Gasteiger partial charge in [-0.05, 0) is 13.0 Å². The van der Waals surface area contributed by atoms with Crippen molar-refractivity contribution >= 4 is 11.8 Å². The quantitative estimate of drug-likeness (QED) is 0.571. The van der Waals surface area contributed by atoms with Crippen molar-refractivity contribution in [3.05, 3.63) is 0 Å². The van der Waals surface area contributed by atoms with E-state index < -0.39 is 24.0 Å². The molecule has 2 amide bonds. The summed E-state index contributed by atoms with van der Waals surface area (Å²) in [4.78, 5) is 24.0. The normalized spacial score (nSPS) is 27.6. The molecule has 0 radical (unpaired) electrons. The predicted molar refractivity (Wildman–Crippen MR) is 50.4 cm³/mol. The van der Waals surface area contributed by atoms with E-state index in [0.29, 0.717) is 12.5 Å². The Morgan fingerprint density at radius 3 is 2.36 bits per heavy atom. The van der Waals surface area contributed by atoms with Crippen LogP contribution >= 0.6 is 0 Å². The Labute approximate surface area is 83.1 Å². The Morgan fingerprint density at radius 1 is 1.43 bits per heavy atom. The number of aliphatic hydroxyl groups is 1. The van der Waals surface area contributed by atoms with E-state index in [4.69, 9.17) is 0 Å². The maximum absolute atomic E-state index is 11.3. The van der Waals surface area contributed by atoms with Crippen molar-refractivity contribution in [1.29, 1.82) is 0 Å². The van der Waals surface area contributed by atoms with E-state index in [-0.39, 0.29) is 0 Å². The largest absolute Gasteiger partial charge is 0.381 e. The number of carbonyl (C=O) groups is 2. The van der Waals surface area contributed by atoms with Gasteiger partial charge in [-0.25, -0.2) is 0 Å². The van der Waals surface area contributed by atoms with Crippen LogP contribution in [0.25, 0.3) is 0 Å². The molecule has 1 heterocycles. The monoisotopic (exact) mass is 200 g/mol. The molecule has 14 heavy (non-hydrogen) atoms. The first-order valence-corrected chi connectivity index (χ1v) is 4.66. The lowest BCUT2D eigenvalue weighted by Gasteiger charge is -2.25. The van der Waals surface area contributed by atoms with Crippen LogP contribution in [0.4, 0.5) is 0 Å². The van der Waals surface area contributed by atoms with E-state index >= 15 is 0 Å². The van der Waals surface area contributed by atoms with Gasteiger partial charge in [-0.1, -0.05) is 13.8 Å². The van der Waals surface area contributed by atoms with Crippen molar-refractivity contribution in [1.82, 2.24) is 10.2 Å². The summed E-state index contributed by atoms with van der Waals surface area (Å²) in [6, 6.07) is -0.732. The first-order valence-electron chi connectivity index (χ1n) is 4.66. The van der Waals surface area contributed by atoms with Crippen LogP contribution in [-0.4, -0.2) is 47.6 Å². The summed E-state index contributed by atoms with van der Waals surface area (Å²) in [7, 11) is 1.73. The van der Waals surface area contributed by atoms with Crippen LogP contribution < -0.4 is 5.32 Å². The molecule has 0 aliphatic carbocycles. The number of nitrogens with one attached hydrogen (secondary N) is 1. The lowest BCUT2D eigenvalue weighted by atomic mass is 10.1. The van der Waals surface area contributed by atoms with Crippen LogP contribution in [0.3, 0.4) is 0 Å². The molecule has 1 saturated heterocycles. The Balaban J connectivity index is 2.67. The zero-order valence-corrected chi connectivity index (χ0v) is 8.65. The number of amides is 2. The highest BCUT2D eigenvalue weighted by molar-refractivity contribution is 6.08. The van der Waals surface area contributed by atoms with Gasteiger partial charge in [-0.3, -0.25) is 19.8 Å². The van der Waals surface area contributed by atoms with Crippen molar-refractivity contribution < 1.29 is 14.7 Å². The molecule has 0 aromatic heterocycles. The molecule has 5 nitrogen and oxygen atoms in total. The van der Waals surface area contributed by atoms with E-state index in [9.17, 15) is 14.7 Å². The Hall–Kier alpha value is -0.940. The summed E-state index contributed by atoms with van der Waals surface area (Å²) in [5.41, 5.74) is 0. The average molecular weight is 200 g/mol. The summed E-state index contributed by atoms with van der Waals surface area (Å²) in [5, 5.41) is 11.5. The number of imide groups is 1. The molecule has 0 spiro atoms. The first-order chi connectivity index (χ1) is 6.43. The fourth-order valence-electron chi connectivity index (χ4n) is 1.69. The molecule has 1 aliphatic rings. The van der Waals surface area contributed by atoms with Crippen molar-refractivity contribution in [2.24, 2.45) is 5.92 Å². The smallest absolute Gasteiger partial charge is 0.257 e. The van der Waals surface area contributed by atoms with Crippen LogP contribution in [0.2, 0.25) is 0 Å². The Bertz CT molecular complexity index is 252. The second-order valence-corrected chi connectivity index (χ2v) is 4.08. The second-order valence-electron chi connectivity index (χ2n) is 4.08. The zero-order valence-electron chi connectivity index (χ0n) is 8.65. The number of hydrogen-bond acceptors (Lipinski definition) is 4. The van der Waals surface area contributed by atoms with E-state index in [1.54, 1.807) is 11.9 Å². The van der Waals surface area contributed by atoms with Crippen LogP contribution in [0.5, 0.6) is 0 Å². The maximum Gasteiger partial charge on any atom is 0.257 e. The van der Waals surface area contributed by atoms with Gasteiger partial charge in [0.05, 0.1) is 0 Å². The van der Waals surface area contributed by atoms with Gasteiger partial charge in [0.1, 0.15) is 6.04 Å². The summed E-state index contributed by atoms with van der Waals surface area (Å²) in [6.45, 7) is 4.69. The predicted octanol–water partition coefficient (Wildman–Crippen LogP) is -1.04. The molecule has 2 unspecified atom stereocenters. The number of rotatable bonds is 3. The van der Waals surface area contributed by atoms with E-state index in [2.05, 4.69) is 5.32 Å². The Morgan fingerprint density at radius 2 is 2.00 bits per heavy atom. The topological polar surface area (TPSA) is 69.6 Å². The molecule has 1 rings (SSSR count). The molecule has 2 atom stereocenters. The highest BCUT2D eigenvalue weighted by Crippen LogP contribution is 2.11. The van der Waals surface area contributed by atoms with Gasteiger partial charge in [0, 0.05) is 6.54 Å². The van der Waals surface area contributed by atoms with Crippen molar-refractivity contribution in [3.63, 3.8) is 0 Å². The molecular weight excluding hydrogens is 184 g/mol. The standard InChI is InChI=1S/C9H16N2O3/c1-5(2)4-11(3)6-7(12)9(14)10-8(6)13/h5-7,12H,4H2,1-3H3,(H,10,13,14). The van der Waals surface area contributed by atoms with Gasteiger partial charge >= 0.3 is 0 Å². The average Bonchev–Trinajstić information content (AvgIpc) is 2.25. The number of likely N-dealkylation sites (N-methyl/N-ethyl adjacent to an activating group) is 1. The highest BCUT2D eigenvalue weighted by Gasteiger charge is 2.42. The van der Waals surface area contributed by atoms with Crippen LogP contribution in [0, 0.1) is 5.92 Å². The summed E-state index contributed by atoms with van der Waals surface area (Å²) in [6.07, 6.45) is -1.23. The number of hydrogen-bond donors (Lipinski definition) is 2. The minimum atomic E-state index is -1.23. The van der Waals surface area contributed by atoms with E-state index in [1.165, 1.54) is 0 Å². The van der Waals surface area contributed by atoms with Crippen LogP contribution in [0.15, 0.2) is 0 Å². The van der Waals surface area contributed by atoms with E-state index in [0.717, 1.165) is 0 Å². The second kappa shape index (κ2) is 4.06. The molecule has 0 saturated carbocycles. The van der Waals surface area contributed by atoms with Crippen molar-refractivity contribution in [2.75, 3.05) is 13.6 Å². The molecular formula is C9H16N2O3. The summed E-state index contributed by atoms with van der Waals surface area (Å²) < 4.78 is 0. The molecule has 2 N–H and O–H groups in total. The van der Waals surface area contributed by atoms with Crippen LogP contribution in [-0.2, 0) is 9.59 Å².